The van der Waals surface area contributed by atoms with Crippen molar-refractivity contribution >= 4 is 10.9 Å². The van der Waals surface area contributed by atoms with Crippen LogP contribution >= 0.6 is 0 Å². The van der Waals surface area contributed by atoms with Gasteiger partial charge in [0.2, 0.25) is 0 Å². The van der Waals surface area contributed by atoms with Crippen molar-refractivity contribution in [2.45, 2.75) is 41.0 Å². The third-order valence-corrected chi connectivity index (χ3v) is 5.39. The van der Waals surface area contributed by atoms with E-state index in [1.807, 2.05) is 0 Å². The minimum atomic E-state index is 0.593. The average Bonchev–Trinajstić information content (AvgIpc) is 2.66. The lowest BCUT2D eigenvalue weighted by atomic mass is 9.94. The van der Waals surface area contributed by atoms with E-state index in [9.17, 15) is 0 Å². The maximum atomic E-state index is 5.05. The van der Waals surface area contributed by atoms with E-state index in [1.54, 1.807) is 0 Å². The largest absolute Gasteiger partial charge is 0.248 e. The molecule has 4 aromatic rings. The van der Waals surface area contributed by atoms with Gasteiger partial charge in [-0.1, -0.05) is 66.9 Å². The van der Waals surface area contributed by atoms with Gasteiger partial charge in [-0.15, -0.1) is 0 Å². The number of fused-ring (bicyclic) bond motifs is 1. The fourth-order valence-corrected chi connectivity index (χ4v) is 4.18. The summed E-state index contributed by atoms with van der Waals surface area (Å²) in [5.41, 5.74) is 11.1. The Balaban J connectivity index is 1.90. The highest BCUT2D eigenvalue weighted by Gasteiger charge is 2.11. The number of nitrogens with zero attached hydrogens (tertiary/aromatic N) is 1. The first-order valence-electron chi connectivity index (χ1n) is 10.5. The van der Waals surface area contributed by atoms with E-state index in [4.69, 9.17) is 4.98 Å². The maximum absolute atomic E-state index is 5.05. The van der Waals surface area contributed by atoms with Gasteiger partial charge in [0, 0.05) is 10.9 Å². The average molecular weight is 380 g/mol. The second kappa shape index (κ2) is 7.83. The van der Waals surface area contributed by atoms with Gasteiger partial charge in [-0.05, 0) is 80.1 Å². The van der Waals surface area contributed by atoms with E-state index in [0.717, 1.165) is 17.6 Å². The molecule has 0 spiro atoms. The lowest BCUT2D eigenvalue weighted by molar-refractivity contribution is 0.650. The Kier molecular flexibility index (Phi) is 5.24. The van der Waals surface area contributed by atoms with Crippen LogP contribution in [0.25, 0.3) is 33.3 Å². The minimum absolute atomic E-state index is 0.593. The van der Waals surface area contributed by atoms with Crippen LogP contribution in [0.3, 0.4) is 0 Å². The summed E-state index contributed by atoms with van der Waals surface area (Å²) in [6, 6.07) is 24.4. The van der Waals surface area contributed by atoms with Gasteiger partial charge in [0.25, 0.3) is 0 Å². The first kappa shape index (κ1) is 19.4. The number of rotatable bonds is 4. The number of aromatic nitrogens is 1. The topological polar surface area (TPSA) is 12.9 Å². The highest BCUT2D eigenvalue weighted by atomic mass is 14.7. The third kappa shape index (κ3) is 4.24. The van der Waals surface area contributed by atoms with Crippen molar-refractivity contribution in [2.75, 3.05) is 0 Å². The molecule has 0 unspecified atom stereocenters. The predicted octanol–water partition coefficient (Wildman–Crippen LogP) is 7.69. The molecule has 1 aromatic heterocycles. The summed E-state index contributed by atoms with van der Waals surface area (Å²) in [5.74, 6) is 0.593. The van der Waals surface area contributed by atoms with Crippen LogP contribution in [0.2, 0.25) is 0 Å². The van der Waals surface area contributed by atoms with E-state index in [0.29, 0.717) is 5.92 Å². The van der Waals surface area contributed by atoms with Crippen molar-refractivity contribution in [2.24, 2.45) is 5.92 Å². The Morgan fingerprint density at radius 2 is 1.38 bits per heavy atom. The number of pyridine rings is 1. The van der Waals surface area contributed by atoms with Crippen LogP contribution in [-0.2, 0) is 6.42 Å². The smallest absolute Gasteiger partial charge is 0.0712 e. The SMILES string of the molecule is Cc1cccc(-c2ccc3nc(-c4cc(C)cc(C)c4)cc(CC(C)C)c3c2)c1. The van der Waals surface area contributed by atoms with Crippen molar-refractivity contribution in [3.63, 3.8) is 0 Å². The summed E-state index contributed by atoms with van der Waals surface area (Å²) in [6.45, 7) is 11.0. The van der Waals surface area contributed by atoms with Crippen LogP contribution in [-0.4, -0.2) is 4.98 Å². The van der Waals surface area contributed by atoms with Gasteiger partial charge in [-0.2, -0.15) is 0 Å². The molecule has 0 fully saturated rings. The van der Waals surface area contributed by atoms with E-state index in [1.165, 1.54) is 44.3 Å². The van der Waals surface area contributed by atoms with Gasteiger partial charge in [-0.25, -0.2) is 4.98 Å². The molecule has 4 rings (SSSR count). The second-order valence-corrected chi connectivity index (χ2v) is 8.74. The molecule has 0 aliphatic rings. The van der Waals surface area contributed by atoms with Crippen LogP contribution in [0.5, 0.6) is 0 Å². The highest BCUT2D eigenvalue weighted by molar-refractivity contribution is 5.89. The number of aryl methyl sites for hydroxylation is 3. The van der Waals surface area contributed by atoms with Crippen LogP contribution in [0.15, 0.2) is 66.7 Å². The second-order valence-electron chi connectivity index (χ2n) is 8.74. The normalized spacial score (nSPS) is 11.4. The zero-order valence-corrected chi connectivity index (χ0v) is 18.1. The Morgan fingerprint density at radius 1 is 0.690 bits per heavy atom. The molecular weight excluding hydrogens is 350 g/mol. The van der Waals surface area contributed by atoms with Crippen molar-refractivity contribution in [1.82, 2.24) is 4.98 Å². The molecule has 0 aliphatic heterocycles. The van der Waals surface area contributed by atoms with E-state index < -0.39 is 0 Å². The summed E-state index contributed by atoms with van der Waals surface area (Å²) in [4.78, 5) is 5.05. The Morgan fingerprint density at radius 3 is 2.07 bits per heavy atom. The van der Waals surface area contributed by atoms with Gasteiger partial charge < -0.3 is 0 Å². The van der Waals surface area contributed by atoms with Crippen LogP contribution < -0.4 is 0 Å². The summed E-state index contributed by atoms with van der Waals surface area (Å²) < 4.78 is 0. The molecule has 3 aromatic carbocycles. The van der Waals surface area contributed by atoms with Crippen LogP contribution in [0.4, 0.5) is 0 Å². The molecule has 0 saturated carbocycles. The van der Waals surface area contributed by atoms with Crippen molar-refractivity contribution in [1.29, 1.82) is 0 Å². The van der Waals surface area contributed by atoms with Crippen molar-refractivity contribution in [3.05, 3.63) is 89.0 Å². The van der Waals surface area contributed by atoms with Gasteiger partial charge in [0.05, 0.1) is 11.2 Å². The zero-order valence-electron chi connectivity index (χ0n) is 18.1. The fraction of sp³-hybridized carbons (Fsp3) is 0.250. The molecular formula is C28H29N. The standard InChI is InChI=1S/C28H29N/c1-18(2)11-24-17-28(25-14-20(4)12-21(5)15-25)29-27-10-9-23(16-26(24)27)22-8-6-7-19(3)13-22/h6-10,12-18H,11H2,1-5H3. The predicted molar refractivity (Wildman–Crippen MR) is 125 cm³/mol. The summed E-state index contributed by atoms with van der Waals surface area (Å²) in [7, 11) is 0. The summed E-state index contributed by atoms with van der Waals surface area (Å²) in [5, 5.41) is 1.27. The monoisotopic (exact) mass is 379 g/mol. The molecule has 0 atom stereocenters. The van der Waals surface area contributed by atoms with E-state index in [2.05, 4.69) is 101 Å². The first-order chi connectivity index (χ1) is 13.9. The third-order valence-electron chi connectivity index (χ3n) is 5.39. The summed E-state index contributed by atoms with van der Waals surface area (Å²) >= 11 is 0. The maximum Gasteiger partial charge on any atom is 0.0712 e. The zero-order chi connectivity index (χ0) is 20.5. The molecule has 1 heterocycles. The Hall–Kier alpha value is -2.93. The quantitative estimate of drug-likeness (QED) is 0.354. The van der Waals surface area contributed by atoms with Crippen molar-refractivity contribution < 1.29 is 0 Å². The number of hydrogen-bond acceptors (Lipinski definition) is 1. The minimum Gasteiger partial charge on any atom is -0.248 e. The fourth-order valence-electron chi connectivity index (χ4n) is 4.18. The molecule has 29 heavy (non-hydrogen) atoms. The van der Waals surface area contributed by atoms with E-state index in [-0.39, 0.29) is 0 Å². The van der Waals surface area contributed by atoms with E-state index >= 15 is 0 Å². The lowest BCUT2D eigenvalue weighted by Gasteiger charge is -2.14. The molecule has 0 aliphatic carbocycles. The molecule has 1 nitrogen and oxygen atoms in total. The molecule has 0 saturated heterocycles. The van der Waals surface area contributed by atoms with Crippen LogP contribution in [0, 0.1) is 26.7 Å². The molecule has 146 valence electrons. The number of hydrogen-bond donors (Lipinski definition) is 0. The van der Waals surface area contributed by atoms with Gasteiger partial charge >= 0.3 is 0 Å². The van der Waals surface area contributed by atoms with Gasteiger partial charge in [0.15, 0.2) is 0 Å². The summed E-state index contributed by atoms with van der Waals surface area (Å²) in [6.07, 6.45) is 1.05. The lowest BCUT2D eigenvalue weighted by Crippen LogP contribution is -1.99. The van der Waals surface area contributed by atoms with Gasteiger partial charge in [0.1, 0.15) is 0 Å². The Labute approximate surface area is 174 Å². The van der Waals surface area contributed by atoms with Gasteiger partial charge in [-0.3, -0.25) is 0 Å². The molecule has 0 radical (unpaired) electrons. The highest BCUT2D eigenvalue weighted by Crippen LogP contribution is 2.31. The van der Waals surface area contributed by atoms with Crippen molar-refractivity contribution in [3.8, 4) is 22.4 Å². The van der Waals surface area contributed by atoms with Crippen LogP contribution in [0.1, 0.15) is 36.1 Å². The number of benzene rings is 3. The molecule has 0 N–H and O–H groups in total. The Bertz CT molecular complexity index is 1160. The molecule has 1 heteroatoms. The molecule has 0 bridgehead atoms. The first-order valence-corrected chi connectivity index (χ1v) is 10.5. The molecule has 0 amide bonds.